The van der Waals surface area contributed by atoms with Crippen LogP contribution in [0.4, 0.5) is 0 Å². The standard InChI is InChI=1S/C16H24N2O3/c1-11(2)16(15(20)21)7-9-17(10-16)14(19)13-6-5-8-18(13)12(3)4/h5-6,8,11-12H,7,9-10H2,1-4H3,(H,20,21). The number of carboxylic acids is 1. The van der Waals surface area contributed by atoms with Crippen molar-refractivity contribution in [2.24, 2.45) is 11.3 Å². The smallest absolute Gasteiger partial charge is 0.311 e. The van der Waals surface area contributed by atoms with Crippen molar-refractivity contribution in [2.45, 2.75) is 40.2 Å². The van der Waals surface area contributed by atoms with E-state index < -0.39 is 11.4 Å². The first-order valence-corrected chi connectivity index (χ1v) is 7.49. The summed E-state index contributed by atoms with van der Waals surface area (Å²) in [5, 5.41) is 9.56. The van der Waals surface area contributed by atoms with Crippen LogP contribution in [-0.4, -0.2) is 39.5 Å². The second-order valence-electron chi connectivity index (χ2n) is 6.49. The van der Waals surface area contributed by atoms with Gasteiger partial charge in [0.2, 0.25) is 0 Å². The number of rotatable bonds is 4. The highest BCUT2D eigenvalue weighted by molar-refractivity contribution is 5.93. The van der Waals surface area contributed by atoms with E-state index in [1.165, 1.54) is 0 Å². The van der Waals surface area contributed by atoms with E-state index in [-0.39, 0.29) is 17.9 Å². The first kappa shape index (κ1) is 15.6. The topological polar surface area (TPSA) is 62.5 Å². The van der Waals surface area contributed by atoms with E-state index in [2.05, 4.69) is 0 Å². The molecule has 1 saturated heterocycles. The molecule has 5 heteroatoms. The molecule has 1 amide bonds. The molecule has 1 aliphatic rings. The fraction of sp³-hybridized carbons (Fsp3) is 0.625. The lowest BCUT2D eigenvalue weighted by molar-refractivity contribution is -0.150. The van der Waals surface area contributed by atoms with Gasteiger partial charge in [-0.2, -0.15) is 0 Å². The van der Waals surface area contributed by atoms with Crippen LogP contribution < -0.4 is 0 Å². The molecule has 5 nitrogen and oxygen atoms in total. The number of carboxylic acid groups (broad SMARTS) is 1. The first-order chi connectivity index (χ1) is 9.79. The molecule has 0 aromatic carbocycles. The molecule has 2 heterocycles. The highest BCUT2D eigenvalue weighted by atomic mass is 16.4. The molecule has 1 unspecified atom stereocenters. The molecule has 0 radical (unpaired) electrons. The zero-order chi connectivity index (χ0) is 15.8. The van der Waals surface area contributed by atoms with Gasteiger partial charge in [0.1, 0.15) is 5.69 Å². The van der Waals surface area contributed by atoms with Crippen molar-refractivity contribution in [1.29, 1.82) is 0 Å². The van der Waals surface area contributed by atoms with Gasteiger partial charge in [-0.05, 0) is 38.3 Å². The Morgan fingerprint density at radius 1 is 1.29 bits per heavy atom. The van der Waals surface area contributed by atoms with E-state index >= 15 is 0 Å². The van der Waals surface area contributed by atoms with Crippen molar-refractivity contribution in [3.05, 3.63) is 24.0 Å². The van der Waals surface area contributed by atoms with Gasteiger partial charge in [0.15, 0.2) is 0 Å². The van der Waals surface area contributed by atoms with Crippen LogP contribution in [0.2, 0.25) is 0 Å². The Hall–Kier alpha value is -1.78. The molecule has 1 atom stereocenters. The quantitative estimate of drug-likeness (QED) is 0.928. The highest BCUT2D eigenvalue weighted by Gasteiger charge is 2.48. The third kappa shape index (κ3) is 2.57. The van der Waals surface area contributed by atoms with Crippen molar-refractivity contribution in [1.82, 2.24) is 9.47 Å². The molecular formula is C16H24N2O3. The maximum Gasteiger partial charge on any atom is 0.311 e. The lowest BCUT2D eigenvalue weighted by Crippen LogP contribution is -2.41. The number of likely N-dealkylation sites (tertiary alicyclic amines) is 1. The number of hydrogen-bond acceptors (Lipinski definition) is 2. The van der Waals surface area contributed by atoms with Crippen LogP contribution >= 0.6 is 0 Å². The largest absolute Gasteiger partial charge is 0.481 e. The molecule has 2 rings (SSSR count). The summed E-state index contributed by atoms with van der Waals surface area (Å²) in [7, 11) is 0. The zero-order valence-electron chi connectivity index (χ0n) is 13.2. The summed E-state index contributed by atoms with van der Waals surface area (Å²) >= 11 is 0. The summed E-state index contributed by atoms with van der Waals surface area (Å²) in [4.78, 5) is 26.0. The lowest BCUT2D eigenvalue weighted by atomic mass is 9.76. The van der Waals surface area contributed by atoms with Crippen molar-refractivity contribution >= 4 is 11.9 Å². The van der Waals surface area contributed by atoms with Crippen LogP contribution in [0, 0.1) is 11.3 Å². The van der Waals surface area contributed by atoms with Crippen molar-refractivity contribution in [2.75, 3.05) is 13.1 Å². The molecule has 1 N–H and O–H groups in total. The Bertz CT molecular complexity index is 547. The predicted molar refractivity (Wildman–Crippen MR) is 80.2 cm³/mol. The average Bonchev–Trinajstić information content (AvgIpc) is 3.05. The van der Waals surface area contributed by atoms with Crippen LogP contribution in [0.15, 0.2) is 18.3 Å². The van der Waals surface area contributed by atoms with Gasteiger partial charge in [-0.15, -0.1) is 0 Å². The Morgan fingerprint density at radius 2 is 1.95 bits per heavy atom. The molecular weight excluding hydrogens is 268 g/mol. The monoisotopic (exact) mass is 292 g/mol. The summed E-state index contributed by atoms with van der Waals surface area (Å²) in [5.41, 5.74) is -0.180. The van der Waals surface area contributed by atoms with E-state index in [0.29, 0.717) is 25.2 Å². The van der Waals surface area contributed by atoms with E-state index in [4.69, 9.17) is 0 Å². The number of amides is 1. The zero-order valence-corrected chi connectivity index (χ0v) is 13.2. The predicted octanol–water partition coefficient (Wildman–Crippen LogP) is 2.64. The number of carbonyl (C=O) groups excluding carboxylic acids is 1. The van der Waals surface area contributed by atoms with Gasteiger partial charge in [0, 0.05) is 25.3 Å². The van der Waals surface area contributed by atoms with Crippen molar-refractivity contribution in [3.8, 4) is 0 Å². The summed E-state index contributed by atoms with van der Waals surface area (Å²) in [6.07, 6.45) is 2.41. The molecule has 116 valence electrons. The van der Waals surface area contributed by atoms with Gasteiger partial charge in [-0.25, -0.2) is 0 Å². The van der Waals surface area contributed by atoms with E-state index in [1.54, 1.807) is 11.0 Å². The van der Waals surface area contributed by atoms with E-state index in [0.717, 1.165) is 0 Å². The van der Waals surface area contributed by atoms with Crippen LogP contribution in [0.5, 0.6) is 0 Å². The summed E-state index contributed by atoms with van der Waals surface area (Å²) in [6, 6.07) is 3.87. The van der Waals surface area contributed by atoms with Gasteiger partial charge in [0.05, 0.1) is 5.41 Å². The molecule has 1 aromatic heterocycles. The molecule has 1 fully saturated rings. The Morgan fingerprint density at radius 3 is 2.43 bits per heavy atom. The maximum absolute atomic E-state index is 12.7. The highest BCUT2D eigenvalue weighted by Crippen LogP contribution is 2.38. The molecule has 0 aliphatic carbocycles. The molecule has 1 aliphatic heterocycles. The number of aliphatic carboxylic acids is 1. The average molecular weight is 292 g/mol. The minimum absolute atomic E-state index is 0.00434. The van der Waals surface area contributed by atoms with Crippen LogP contribution in [0.25, 0.3) is 0 Å². The van der Waals surface area contributed by atoms with Crippen LogP contribution in [-0.2, 0) is 4.79 Å². The fourth-order valence-electron chi connectivity index (χ4n) is 3.09. The lowest BCUT2D eigenvalue weighted by Gasteiger charge is -2.28. The third-order valence-corrected chi connectivity index (χ3v) is 4.67. The van der Waals surface area contributed by atoms with E-state index in [1.807, 2.05) is 44.5 Å². The Balaban J connectivity index is 2.23. The number of carbonyl (C=O) groups is 2. The summed E-state index contributed by atoms with van der Waals surface area (Å²) in [6.45, 7) is 8.68. The maximum atomic E-state index is 12.7. The second-order valence-corrected chi connectivity index (χ2v) is 6.49. The fourth-order valence-corrected chi connectivity index (χ4v) is 3.09. The molecule has 1 aromatic rings. The van der Waals surface area contributed by atoms with Crippen LogP contribution in [0.3, 0.4) is 0 Å². The first-order valence-electron chi connectivity index (χ1n) is 7.49. The molecule has 0 bridgehead atoms. The van der Waals surface area contributed by atoms with Crippen molar-refractivity contribution < 1.29 is 14.7 Å². The SMILES string of the molecule is CC(C)n1cccc1C(=O)N1CCC(C(=O)O)(C(C)C)C1. The normalized spacial score (nSPS) is 22.3. The molecule has 21 heavy (non-hydrogen) atoms. The number of aromatic nitrogens is 1. The minimum atomic E-state index is -0.815. The summed E-state index contributed by atoms with van der Waals surface area (Å²) in [5.74, 6) is -0.866. The molecule has 0 saturated carbocycles. The number of hydrogen-bond donors (Lipinski definition) is 1. The molecule has 0 spiro atoms. The summed E-state index contributed by atoms with van der Waals surface area (Å²) < 4.78 is 1.93. The Labute approximate surface area is 125 Å². The minimum Gasteiger partial charge on any atom is -0.481 e. The Kier molecular flexibility index (Phi) is 4.12. The van der Waals surface area contributed by atoms with Crippen molar-refractivity contribution in [3.63, 3.8) is 0 Å². The van der Waals surface area contributed by atoms with Gasteiger partial charge in [-0.1, -0.05) is 13.8 Å². The van der Waals surface area contributed by atoms with Gasteiger partial charge < -0.3 is 14.6 Å². The third-order valence-electron chi connectivity index (χ3n) is 4.67. The van der Waals surface area contributed by atoms with E-state index in [9.17, 15) is 14.7 Å². The second kappa shape index (κ2) is 5.54. The van der Waals surface area contributed by atoms with Gasteiger partial charge in [0.25, 0.3) is 5.91 Å². The van der Waals surface area contributed by atoms with Gasteiger partial charge in [-0.3, -0.25) is 9.59 Å². The van der Waals surface area contributed by atoms with Crippen LogP contribution in [0.1, 0.15) is 50.6 Å². The van der Waals surface area contributed by atoms with Gasteiger partial charge >= 0.3 is 5.97 Å². The number of nitrogens with zero attached hydrogens (tertiary/aromatic N) is 2.